The standard InChI is InChI=1S/C16H28N2O/c1-6-9-17-13(2)14-7-10-18-15(12-14)19-11-8-16(3,4)5/h7,10,12-13,17H,6,8-9,11H2,1-5H3. The van der Waals surface area contributed by atoms with Gasteiger partial charge in [-0.25, -0.2) is 4.98 Å². The van der Waals surface area contributed by atoms with Gasteiger partial charge in [0.25, 0.3) is 0 Å². The van der Waals surface area contributed by atoms with Gasteiger partial charge >= 0.3 is 0 Å². The molecule has 0 fully saturated rings. The van der Waals surface area contributed by atoms with Crippen LogP contribution >= 0.6 is 0 Å². The van der Waals surface area contributed by atoms with Crippen LogP contribution in [0.3, 0.4) is 0 Å². The molecule has 1 rings (SSSR count). The van der Waals surface area contributed by atoms with Crippen molar-refractivity contribution in [3.8, 4) is 5.88 Å². The third-order valence-corrected chi connectivity index (χ3v) is 3.06. The van der Waals surface area contributed by atoms with Crippen molar-refractivity contribution in [3.05, 3.63) is 23.9 Å². The number of aromatic nitrogens is 1. The van der Waals surface area contributed by atoms with Crippen molar-refractivity contribution < 1.29 is 4.74 Å². The maximum Gasteiger partial charge on any atom is 0.213 e. The summed E-state index contributed by atoms with van der Waals surface area (Å²) in [4.78, 5) is 4.27. The zero-order valence-electron chi connectivity index (χ0n) is 13.0. The fourth-order valence-corrected chi connectivity index (χ4v) is 1.71. The van der Waals surface area contributed by atoms with Crippen LogP contribution < -0.4 is 10.1 Å². The summed E-state index contributed by atoms with van der Waals surface area (Å²) in [6.45, 7) is 12.8. The molecule has 108 valence electrons. The van der Waals surface area contributed by atoms with Gasteiger partial charge in [0.2, 0.25) is 5.88 Å². The maximum absolute atomic E-state index is 5.74. The molecule has 1 aromatic heterocycles. The number of ether oxygens (including phenoxy) is 1. The van der Waals surface area contributed by atoms with E-state index in [-0.39, 0.29) is 0 Å². The van der Waals surface area contributed by atoms with E-state index in [1.807, 2.05) is 18.3 Å². The SMILES string of the molecule is CCCNC(C)c1ccnc(OCCC(C)(C)C)c1. The van der Waals surface area contributed by atoms with E-state index in [0.717, 1.165) is 31.9 Å². The molecule has 0 aliphatic rings. The number of hydrogen-bond acceptors (Lipinski definition) is 3. The number of hydrogen-bond donors (Lipinski definition) is 1. The van der Waals surface area contributed by atoms with Gasteiger partial charge in [0, 0.05) is 18.3 Å². The summed E-state index contributed by atoms with van der Waals surface area (Å²) in [7, 11) is 0. The highest BCUT2D eigenvalue weighted by Crippen LogP contribution is 2.20. The summed E-state index contributed by atoms with van der Waals surface area (Å²) in [5.41, 5.74) is 1.53. The first-order valence-electron chi connectivity index (χ1n) is 7.24. The Morgan fingerprint density at radius 3 is 2.74 bits per heavy atom. The molecule has 1 heterocycles. The van der Waals surface area contributed by atoms with Crippen molar-refractivity contribution in [1.82, 2.24) is 10.3 Å². The second-order valence-electron chi connectivity index (χ2n) is 6.26. The van der Waals surface area contributed by atoms with Crippen molar-refractivity contribution in [3.63, 3.8) is 0 Å². The fourth-order valence-electron chi connectivity index (χ4n) is 1.71. The Labute approximate surface area is 117 Å². The molecule has 3 nitrogen and oxygen atoms in total. The van der Waals surface area contributed by atoms with Gasteiger partial charge in [-0.3, -0.25) is 0 Å². The van der Waals surface area contributed by atoms with Crippen LogP contribution in [-0.4, -0.2) is 18.1 Å². The average Bonchev–Trinajstić information content (AvgIpc) is 2.35. The Bertz CT molecular complexity index is 371. The van der Waals surface area contributed by atoms with Crippen molar-refractivity contribution in [2.24, 2.45) is 5.41 Å². The molecule has 0 saturated carbocycles. The van der Waals surface area contributed by atoms with E-state index in [2.05, 4.69) is 44.9 Å². The Hall–Kier alpha value is -1.09. The van der Waals surface area contributed by atoms with Crippen LogP contribution in [0.25, 0.3) is 0 Å². The number of pyridine rings is 1. The minimum Gasteiger partial charge on any atom is -0.478 e. The van der Waals surface area contributed by atoms with E-state index in [1.54, 1.807) is 0 Å². The molecule has 19 heavy (non-hydrogen) atoms. The van der Waals surface area contributed by atoms with E-state index in [9.17, 15) is 0 Å². The normalized spacial score (nSPS) is 13.3. The quantitative estimate of drug-likeness (QED) is 0.809. The Morgan fingerprint density at radius 1 is 1.37 bits per heavy atom. The lowest BCUT2D eigenvalue weighted by molar-refractivity contribution is 0.236. The van der Waals surface area contributed by atoms with Crippen LogP contribution in [0, 0.1) is 5.41 Å². The monoisotopic (exact) mass is 264 g/mol. The average molecular weight is 264 g/mol. The number of nitrogens with zero attached hydrogens (tertiary/aromatic N) is 1. The minimum atomic E-state index is 0.299. The molecule has 0 aliphatic carbocycles. The van der Waals surface area contributed by atoms with Crippen LogP contribution in [0.4, 0.5) is 0 Å². The molecule has 0 radical (unpaired) electrons. The highest BCUT2D eigenvalue weighted by molar-refractivity contribution is 5.23. The smallest absolute Gasteiger partial charge is 0.213 e. The fraction of sp³-hybridized carbons (Fsp3) is 0.688. The molecular formula is C16H28N2O. The van der Waals surface area contributed by atoms with Crippen molar-refractivity contribution >= 4 is 0 Å². The van der Waals surface area contributed by atoms with Gasteiger partial charge in [0.1, 0.15) is 0 Å². The van der Waals surface area contributed by atoms with Crippen LogP contribution in [-0.2, 0) is 0 Å². The first-order chi connectivity index (χ1) is 8.92. The largest absolute Gasteiger partial charge is 0.478 e. The summed E-state index contributed by atoms with van der Waals surface area (Å²) in [6.07, 6.45) is 4.00. The molecule has 0 saturated heterocycles. The van der Waals surface area contributed by atoms with Gasteiger partial charge in [-0.05, 0) is 43.4 Å². The first-order valence-corrected chi connectivity index (χ1v) is 7.24. The zero-order chi connectivity index (χ0) is 14.3. The molecule has 0 spiro atoms. The van der Waals surface area contributed by atoms with Crippen molar-refractivity contribution in [1.29, 1.82) is 0 Å². The molecular weight excluding hydrogens is 236 g/mol. The molecule has 3 heteroatoms. The van der Waals surface area contributed by atoms with Gasteiger partial charge in [0.15, 0.2) is 0 Å². The van der Waals surface area contributed by atoms with E-state index in [4.69, 9.17) is 4.74 Å². The summed E-state index contributed by atoms with van der Waals surface area (Å²) < 4.78 is 5.74. The van der Waals surface area contributed by atoms with Gasteiger partial charge < -0.3 is 10.1 Å². The lowest BCUT2D eigenvalue weighted by atomic mass is 9.93. The molecule has 1 N–H and O–H groups in total. The minimum absolute atomic E-state index is 0.299. The lowest BCUT2D eigenvalue weighted by Gasteiger charge is -2.18. The Morgan fingerprint density at radius 2 is 2.11 bits per heavy atom. The molecule has 1 atom stereocenters. The van der Waals surface area contributed by atoms with E-state index < -0.39 is 0 Å². The molecule has 0 amide bonds. The topological polar surface area (TPSA) is 34.2 Å². The van der Waals surface area contributed by atoms with Gasteiger partial charge in [-0.15, -0.1) is 0 Å². The highest BCUT2D eigenvalue weighted by atomic mass is 16.5. The molecule has 1 aromatic rings. The molecule has 0 aliphatic heterocycles. The van der Waals surface area contributed by atoms with Crippen molar-refractivity contribution in [2.45, 2.75) is 53.5 Å². The first kappa shape index (κ1) is 16.0. The summed E-state index contributed by atoms with van der Waals surface area (Å²) in [6, 6.07) is 4.42. The summed E-state index contributed by atoms with van der Waals surface area (Å²) in [5, 5.41) is 3.47. The van der Waals surface area contributed by atoms with E-state index >= 15 is 0 Å². The van der Waals surface area contributed by atoms with Gasteiger partial charge in [-0.2, -0.15) is 0 Å². The predicted molar refractivity (Wildman–Crippen MR) is 80.5 cm³/mol. The second-order valence-corrected chi connectivity index (χ2v) is 6.26. The van der Waals surface area contributed by atoms with Crippen LogP contribution in [0.2, 0.25) is 0 Å². The van der Waals surface area contributed by atoms with E-state index in [0.29, 0.717) is 11.5 Å². The lowest BCUT2D eigenvalue weighted by Crippen LogP contribution is -2.19. The zero-order valence-corrected chi connectivity index (χ0v) is 13.0. The third-order valence-electron chi connectivity index (χ3n) is 3.06. The number of nitrogens with one attached hydrogen (secondary N) is 1. The van der Waals surface area contributed by atoms with Crippen LogP contribution in [0.1, 0.15) is 59.1 Å². The Kier molecular flexibility index (Phi) is 6.29. The van der Waals surface area contributed by atoms with Gasteiger partial charge in [0.05, 0.1) is 6.61 Å². The third kappa shape index (κ3) is 6.58. The maximum atomic E-state index is 5.74. The number of rotatable bonds is 7. The van der Waals surface area contributed by atoms with Crippen LogP contribution in [0.5, 0.6) is 5.88 Å². The highest BCUT2D eigenvalue weighted by Gasteiger charge is 2.11. The summed E-state index contributed by atoms with van der Waals surface area (Å²) in [5.74, 6) is 0.729. The van der Waals surface area contributed by atoms with Gasteiger partial charge in [-0.1, -0.05) is 27.7 Å². The predicted octanol–water partition coefficient (Wildman–Crippen LogP) is 3.96. The molecule has 0 bridgehead atoms. The van der Waals surface area contributed by atoms with Crippen LogP contribution in [0.15, 0.2) is 18.3 Å². The second kappa shape index (κ2) is 7.49. The summed E-state index contributed by atoms with van der Waals surface area (Å²) >= 11 is 0. The molecule has 0 aromatic carbocycles. The Balaban J connectivity index is 2.52. The van der Waals surface area contributed by atoms with E-state index in [1.165, 1.54) is 5.56 Å². The van der Waals surface area contributed by atoms with Crippen molar-refractivity contribution in [2.75, 3.05) is 13.2 Å². The molecule has 1 unspecified atom stereocenters.